The Kier molecular flexibility index (Phi) is 9.14. The Hall–Kier alpha value is -3.33. The van der Waals surface area contributed by atoms with Gasteiger partial charge in [-0.3, -0.25) is 14.5 Å². The molecule has 3 heterocycles. The Morgan fingerprint density at radius 3 is 2.69 bits per heavy atom. The second-order valence-electron chi connectivity index (χ2n) is 7.95. The summed E-state index contributed by atoms with van der Waals surface area (Å²) in [5, 5.41) is 7.84. The number of nitrogen functional groups attached to an aromatic ring is 1. The lowest BCUT2D eigenvalue weighted by Gasteiger charge is -2.48. The summed E-state index contributed by atoms with van der Waals surface area (Å²) in [5.74, 6) is -1.47. The van der Waals surface area contributed by atoms with Gasteiger partial charge in [-0.2, -0.15) is 0 Å². The van der Waals surface area contributed by atoms with E-state index in [0.29, 0.717) is 5.75 Å². The van der Waals surface area contributed by atoms with Gasteiger partial charge in [-0.25, -0.2) is 14.6 Å². The van der Waals surface area contributed by atoms with E-state index in [-0.39, 0.29) is 41.4 Å². The third kappa shape index (κ3) is 6.46. The first-order valence-corrected chi connectivity index (χ1v) is 13.0. The molecule has 0 saturated carbocycles. The summed E-state index contributed by atoms with van der Waals surface area (Å²) in [5.41, 5.74) is 5.79. The number of amides is 2. The molecular formula is C21H27N5O8S2. The molecule has 15 heteroatoms. The fourth-order valence-corrected chi connectivity index (χ4v) is 4.86. The van der Waals surface area contributed by atoms with Gasteiger partial charge in [0, 0.05) is 18.1 Å². The average molecular weight is 542 g/mol. The van der Waals surface area contributed by atoms with E-state index >= 15 is 0 Å². The standard InChI is InChI=1S/C21H27N5O8S2/c1-5-31-21(30)34-11(4)33-19(29)13-6-7-35-18-15(17(28)26(13)18)24-16(27)14(25-32-8-10(2)3)12-9-36-20(22)23-12/h6,9-11,15,18H,5,7-8H2,1-4H3,(H2,22,23)(H,24,27)/t11?,15?,18-/m0/s1. The molecule has 3 N–H and O–H groups in total. The number of esters is 1. The Morgan fingerprint density at radius 1 is 1.31 bits per heavy atom. The first-order valence-electron chi connectivity index (χ1n) is 11.0. The minimum atomic E-state index is -1.23. The van der Waals surface area contributed by atoms with Crippen LogP contribution in [0, 0.1) is 5.92 Å². The highest BCUT2D eigenvalue weighted by atomic mass is 32.2. The summed E-state index contributed by atoms with van der Waals surface area (Å²) in [6.45, 7) is 7.19. The zero-order valence-corrected chi connectivity index (χ0v) is 21.7. The van der Waals surface area contributed by atoms with Crippen LogP contribution >= 0.6 is 23.1 Å². The fourth-order valence-electron chi connectivity index (χ4n) is 3.11. The molecule has 0 bridgehead atoms. The van der Waals surface area contributed by atoms with Crippen LogP contribution in [0.2, 0.25) is 0 Å². The molecule has 3 rings (SSSR count). The van der Waals surface area contributed by atoms with Gasteiger partial charge >= 0.3 is 12.1 Å². The normalized spacial score (nSPS) is 20.0. The van der Waals surface area contributed by atoms with Gasteiger partial charge in [-0.05, 0) is 18.9 Å². The van der Waals surface area contributed by atoms with Crippen molar-refractivity contribution in [1.29, 1.82) is 0 Å². The zero-order valence-electron chi connectivity index (χ0n) is 20.1. The summed E-state index contributed by atoms with van der Waals surface area (Å²) in [6.07, 6.45) is -0.683. The van der Waals surface area contributed by atoms with Crippen LogP contribution in [0.3, 0.4) is 0 Å². The number of nitrogens with zero attached hydrogens (tertiary/aromatic N) is 3. The van der Waals surface area contributed by atoms with E-state index in [0.717, 1.165) is 11.3 Å². The molecule has 0 aliphatic carbocycles. The number of ether oxygens (including phenoxy) is 3. The number of β-lactam (4-membered cyclic amide) rings is 1. The summed E-state index contributed by atoms with van der Waals surface area (Å²) in [4.78, 5) is 60.5. The molecule has 1 saturated heterocycles. The number of aromatic nitrogens is 1. The van der Waals surface area contributed by atoms with Crippen molar-refractivity contribution in [3.63, 3.8) is 0 Å². The lowest BCUT2D eigenvalue weighted by Crippen LogP contribution is -2.70. The van der Waals surface area contributed by atoms with E-state index in [2.05, 4.69) is 20.2 Å². The second kappa shape index (κ2) is 12.1. The fraction of sp³-hybridized carbons (Fsp3) is 0.524. The number of thiazole rings is 1. The van der Waals surface area contributed by atoms with Crippen LogP contribution in [0.1, 0.15) is 33.4 Å². The van der Waals surface area contributed by atoms with Gasteiger partial charge in [0.15, 0.2) is 10.8 Å². The van der Waals surface area contributed by atoms with Gasteiger partial charge in [0.05, 0.1) is 6.61 Å². The quantitative estimate of drug-likeness (QED) is 0.144. The smallest absolute Gasteiger partial charge is 0.435 e. The van der Waals surface area contributed by atoms with Crippen molar-refractivity contribution in [2.24, 2.45) is 11.1 Å². The van der Waals surface area contributed by atoms with E-state index in [1.165, 1.54) is 29.7 Å². The van der Waals surface area contributed by atoms with Crippen LogP contribution in [0.5, 0.6) is 0 Å². The van der Waals surface area contributed by atoms with E-state index in [1.807, 2.05) is 13.8 Å². The maximum atomic E-state index is 13.0. The highest BCUT2D eigenvalue weighted by molar-refractivity contribution is 8.00. The number of carbonyl (C=O) groups excluding carboxylic acids is 4. The van der Waals surface area contributed by atoms with Gasteiger partial charge in [-0.1, -0.05) is 19.0 Å². The monoisotopic (exact) mass is 541 g/mol. The molecule has 2 aliphatic heterocycles. The Labute approximate surface area is 215 Å². The predicted molar refractivity (Wildman–Crippen MR) is 131 cm³/mol. The average Bonchev–Trinajstić information content (AvgIpc) is 3.24. The molecule has 2 amide bonds. The van der Waals surface area contributed by atoms with E-state index < -0.39 is 41.6 Å². The lowest BCUT2D eigenvalue weighted by atomic mass is 10.0. The van der Waals surface area contributed by atoms with Crippen LogP contribution in [-0.4, -0.2) is 76.2 Å². The van der Waals surface area contributed by atoms with Crippen molar-refractivity contribution in [2.45, 2.75) is 45.4 Å². The summed E-state index contributed by atoms with van der Waals surface area (Å²) < 4.78 is 14.6. The van der Waals surface area contributed by atoms with Crippen LogP contribution < -0.4 is 11.1 Å². The molecule has 2 aliphatic rings. The third-order valence-electron chi connectivity index (χ3n) is 4.68. The molecule has 1 fully saturated rings. The van der Waals surface area contributed by atoms with E-state index in [4.69, 9.17) is 20.0 Å². The second-order valence-corrected chi connectivity index (χ2v) is 9.99. The molecule has 3 atom stereocenters. The van der Waals surface area contributed by atoms with Crippen LogP contribution in [-0.2, 0) is 33.4 Å². The number of carbonyl (C=O) groups is 4. The van der Waals surface area contributed by atoms with Crippen molar-refractivity contribution in [3.05, 3.63) is 22.8 Å². The highest BCUT2D eigenvalue weighted by Gasteiger charge is 2.53. The van der Waals surface area contributed by atoms with E-state index in [1.54, 1.807) is 12.3 Å². The SMILES string of the molecule is CCOC(=O)OC(C)OC(=O)C1=CCS[C@H]2C(NC(=O)C(=NOCC(C)C)c3csc(N)n3)C(=O)N12. The number of nitrogens with two attached hydrogens (primary N) is 1. The first kappa shape index (κ1) is 27.3. The maximum Gasteiger partial charge on any atom is 0.511 e. The molecule has 0 spiro atoms. The number of oxime groups is 1. The number of anilines is 1. The van der Waals surface area contributed by atoms with Gasteiger partial charge in [-0.15, -0.1) is 23.1 Å². The number of nitrogens with one attached hydrogen (secondary N) is 1. The Balaban J connectivity index is 1.65. The molecule has 0 aromatic carbocycles. The van der Waals surface area contributed by atoms with Gasteiger partial charge < -0.3 is 30.1 Å². The number of hydrogen-bond acceptors (Lipinski definition) is 13. The van der Waals surface area contributed by atoms with Crippen molar-refractivity contribution in [2.75, 3.05) is 24.7 Å². The van der Waals surface area contributed by atoms with Crippen molar-refractivity contribution in [1.82, 2.24) is 15.2 Å². The number of thioether (sulfide) groups is 1. The molecule has 0 radical (unpaired) electrons. The molecule has 1 aromatic heterocycles. The molecular weight excluding hydrogens is 514 g/mol. The molecule has 36 heavy (non-hydrogen) atoms. The Bertz CT molecular complexity index is 1070. The molecule has 1 aromatic rings. The minimum Gasteiger partial charge on any atom is -0.435 e. The van der Waals surface area contributed by atoms with Crippen molar-refractivity contribution in [3.8, 4) is 0 Å². The largest absolute Gasteiger partial charge is 0.511 e. The molecule has 196 valence electrons. The predicted octanol–water partition coefficient (Wildman–Crippen LogP) is 1.45. The van der Waals surface area contributed by atoms with Gasteiger partial charge in [0.25, 0.3) is 11.8 Å². The zero-order chi connectivity index (χ0) is 26.4. The van der Waals surface area contributed by atoms with Crippen LogP contribution in [0.15, 0.2) is 22.3 Å². The lowest BCUT2D eigenvalue weighted by molar-refractivity contribution is -0.168. The number of hydrogen-bond donors (Lipinski definition) is 2. The number of fused-ring (bicyclic) bond motifs is 1. The third-order valence-corrected chi connectivity index (χ3v) is 6.54. The Morgan fingerprint density at radius 2 is 2.06 bits per heavy atom. The summed E-state index contributed by atoms with van der Waals surface area (Å²) in [7, 11) is 0. The molecule has 13 nitrogen and oxygen atoms in total. The van der Waals surface area contributed by atoms with Crippen LogP contribution in [0.4, 0.5) is 9.93 Å². The topological polar surface area (TPSA) is 172 Å². The van der Waals surface area contributed by atoms with Crippen molar-refractivity contribution < 1.29 is 38.2 Å². The number of rotatable bonds is 10. The highest BCUT2D eigenvalue weighted by Crippen LogP contribution is 2.38. The summed E-state index contributed by atoms with van der Waals surface area (Å²) in [6, 6.07) is -0.918. The van der Waals surface area contributed by atoms with Crippen LogP contribution in [0.25, 0.3) is 0 Å². The van der Waals surface area contributed by atoms with Crippen molar-refractivity contribution >= 4 is 57.9 Å². The van der Waals surface area contributed by atoms with E-state index in [9.17, 15) is 19.2 Å². The van der Waals surface area contributed by atoms with Gasteiger partial charge in [0.2, 0.25) is 6.29 Å². The summed E-state index contributed by atoms with van der Waals surface area (Å²) >= 11 is 2.49. The molecule has 2 unspecified atom stereocenters. The van der Waals surface area contributed by atoms with Gasteiger partial charge in [0.1, 0.15) is 29.4 Å². The first-order chi connectivity index (χ1) is 17.1. The minimum absolute atomic E-state index is 0.00464. The maximum absolute atomic E-state index is 13.0.